The number of carboxylic acids is 2. The van der Waals surface area contributed by atoms with Crippen molar-refractivity contribution in [3.05, 3.63) is 59.7 Å². The van der Waals surface area contributed by atoms with E-state index in [9.17, 15) is 29.4 Å². The van der Waals surface area contributed by atoms with Gasteiger partial charge in [-0.15, -0.1) is 0 Å². The van der Waals surface area contributed by atoms with E-state index >= 15 is 0 Å². The van der Waals surface area contributed by atoms with Crippen molar-refractivity contribution in [2.75, 3.05) is 0 Å². The predicted octanol–water partition coefficient (Wildman–Crippen LogP) is 5.72. The van der Waals surface area contributed by atoms with Gasteiger partial charge in [-0.2, -0.15) is 0 Å². The Morgan fingerprint density at radius 2 is 0.974 bits per heavy atom. The molecule has 2 amide bonds. The van der Waals surface area contributed by atoms with Crippen molar-refractivity contribution in [1.29, 1.82) is 0 Å². The van der Waals surface area contributed by atoms with E-state index in [4.69, 9.17) is 0 Å². The molecule has 10 heteroatoms. The maximum Gasteiger partial charge on any atom is 0.326 e. The molecule has 2 aromatic rings. The van der Waals surface area contributed by atoms with Crippen LogP contribution in [0.25, 0.3) is 0 Å². The molecular weight excluding hydrogens is 524 g/mol. The third kappa shape index (κ3) is 10.1. The van der Waals surface area contributed by atoms with Crippen LogP contribution in [0.3, 0.4) is 0 Å². The lowest BCUT2D eigenvalue weighted by atomic mass is 9.88. The fourth-order valence-electron chi connectivity index (χ4n) is 3.64. The molecule has 0 saturated heterocycles. The molecule has 2 atom stereocenters. The third-order valence-corrected chi connectivity index (χ3v) is 7.81. The van der Waals surface area contributed by atoms with Gasteiger partial charge in [0.2, 0.25) is 0 Å². The first kappa shape index (κ1) is 31.2. The zero-order chi connectivity index (χ0) is 28.7. The number of hydrogen-bond donors (Lipinski definition) is 4. The Hall–Kier alpha value is -2.98. The molecule has 0 radical (unpaired) electrons. The Balaban J connectivity index is 2.21. The smallest absolute Gasteiger partial charge is 0.326 e. The third-order valence-electron chi connectivity index (χ3n) is 5.32. The number of rotatable bonds is 11. The van der Waals surface area contributed by atoms with E-state index in [1.165, 1.54) is 21.6 Å². The number of benzene rings is 2. The first-order chi connectivity index (χ1) is 17.6. The van der Waals surface area contributed by atoms with Crippen molar-refractivity contribution in [3.8, 4) is 0 Å². The Kier molecular flexibility index (Phi) is 10.8. The Bertz CT molecular complexity index is 1080. The molecule has 0 aliphatic heterocycles. The molecule has 0 bridgehead atoms. The van der Waals surface area contributed by atoms with Crippen molar-refractivity contribution in [1.82, 2.24) is 10.6 Å². The molecule has 0 spiro atoms. The SMILES string of the molecule is CC(C)(C)C[C@H](NC(=O)c1ccccc1SSc1ccccc1C(=O)N[C@@H](CC(C)(C)C)C(=O)O)C(=O)O. The van der Waals surface area contributed by atoms with Crippen LogP contribution < -0.4 is 10.6 Å². The number of carbonyl (C=O) groups excluding carboxylic acids is 2. The highest BCUT2D eigenvalue weighted by molar-refractivity contribution is 8.76. The van der Waals surface area contributed by atoms with Gasteiger partial charge in [-0.3, -0.25) is 9.59 Å². The van der Waals surface area contributed by atoms with Gasteiger partial charge in [0.05, 0.1) is 11.1 Å². The molecule has 0 aliphatic carbocycles. The van der Waals surface area contributed by atoms with Crippen LogP contribution in [0.15, 0.2) is 58.3 Å². The quantitative estimate of drug-likeness (QED) is 0.256. The summed E-state index contributed by atoms with van der Waals surface area (Å²) in [5.74, 6) is -3.19. The Morgan fingerprint density at radius 1 is 0.658 bits per heavy atom. The maximum absolute atomic E-state index is 13.0. The minimum Gasteiger partial charge on any atom is -0.480 e. The van der Waals surface area contributed by atoms with Gasteiger partial charge in [0.1, 0.15) is 12.1 Å². The van der Waals surface area contributed by atoms with Crippen molar-refractivity contribution >= 4 is 45.3 Å². The summed E-state index contributed by atoms with van der Waals surface area (Å²) in [4.78, 5) is 50.7. The molecule has 0 aliphatic rings. The minimum atomic E-state index is -1.10. The van der Waals surface area contributed by atoms with E-state index in [2.05, 4.69) is 10.6 Å². The lowest BCUT2D eigenvalue weighted by molar-refractivity contribution is -0.140. The van der Waals surface area contributed by atoms with Crippen molar-refractivity contribution in [2.24, 2.45) is 10.8 Å². The normalized spacial score (nSPS) is 13.3. The van der Waals surface area contributed by atoms with Gasteiger partial charge in [-0.25, -0.2) is 9.59 Å². The largest absolute Gasteiger partial charge is 0.480 e. The number of nitrogens with one attached hydrogen (secondary N) is 2. The average molecular weight is 561 g/mol. The molecule has 0 aromatic heterocycles. The van der Waals surface area contributed by atoms with Crippen molar-refractivity contribution < 1.29 is 29.4 Å². The van der Waals surface area contributed by atoms with Crippen LogP contribution in [0.1, 0.15) is 75.1 Å². The van der Waals surface area contributed by atoms with Crippen LogP contribution in [-0.4, -0.2) is 46.0 Å². The van der Waals surface area contributed by atoms with Crippen LogP contribution in [0.4, 0.5) is 0 Å². The lowest BCUT2D eigenvalue weighted by Crippen LogP contribution is -2.43. The van der Waals surface area contributed by atoms with Gasteiger partial charge >= 0.3 is 11.9 Å². The minimum absolute atomic E-state index is 0.271. The van der Waals surface area contributed by atoms with Crippen LogP contribution in [0.5, 0.6) is 0 Å². The first-order valence-electron chi connectivity index (χ1n) is 12.2. The fraction of sp³-hybridized carbons (Fsp3) is 0.429. The second kappa shape index (κ2) is 13.2. The van der Waals surface area contributed by atoms with Gasteiger partial charge in [-0.05, 0) is 47.9 Å². The molecule has 0 saturated carbocycles. The second-order valence-electron chi connectivity index (χ2n) is 11.4. The summed E-state index contributed by atoms with van der Waals surface area (Å²) in [5, 5.41) is 24.4. The summed E-state index contributed by atoms with van der Waals surface area (Å²) in [7, 11) is 2.51. The monoisotopic (exact) mass is 560 g/mol. The summed E-state index contributed by atoms with van der Waals surface area (Å²) >= 11 is 0. The molecule has 38 heavy (non-hydrogen) atoms. The van der Waals surface area contributed by atoms with Crippen LogP contribution in [-0.2, 0) is 9.59 Å². The molecule has 8 nitrogen and oxygen atoms in total. The number of amides is 2. The van der Waals surface area contributed by atoms with Gasteiger partial charge in [0, 0.05) is 9.79 Å². The summed E-state index contributed by atoms with van der Waals surface area (Å²) in [6.45, 7) is 11.4. The number of aliphatic carboxylic acids is 2. The summed E-state index contributed by atoms with van der Waals surface area (Å²) in [6, 6.07) is 11.6. The summed E-state index contributed by atoms with van der Waals surface area (Å²) in [5.41, 5.74) is 0.0561. The van der Waals surface area contributed by atoms with Crippen LogP contribution >= 0.6 is 21.6 Å². The lowest BCUT2D eigenvalue weighted by Gasteiger charge is -2.24. The van der Waals surface area contributed by atoms with Crippen molar-refractivity contribution in [2.45, 2.75) is 76.3 Å². The molecule has 0 heterocycles. The van der Waals surface area contributed by atoms with Gasteiger partial charge in [-0.1, -0.05) is 87.4 Å². The molecule has 0 fully saturated rings. The standard InChI is InChI=1S/C28H36N2O6S2/c1-27(2,3)15-19(25(33)34)29-23(31)17-11-7-9-13-21(17)37-38-22-14-10-8-12-18(22)24(32)30-20(26(35)36)16-28(4,5)6/h7-14,19-20H,15-16H2,1-6H3,(H,29,31)(H,30,32)(H,33,34)(H,35,36)/t19-,20-/m0/s1. The summed E-state index contributed by atoms with van der Waals surface area (Å²) < 4.78 is 0. The number of carboxylic acid groups (broad SMARTS) is 2. The highest BCUT2D eigenvalue weighted by atomic mass is 33.1. The fourth-order valence-corrected chi connectivity index (χ4v) is 6.00. The highest BCUT2D eigenvalue weighted by Gasteiger charge is 2.28. The molecule has 0 unspecified atom stereocenters. The molecule has 2 aromatic carbocycles. The zero-order valence-corrected chi connectivity index (χ0v) is 24.2. The average Bonchev–Trinajstić information content (AvgIpc) is 2.80. The molecule has 206 valence electrons. The van der Waals surface area contributed by atoms with Crippen LogP contribution in [0.2, 0.25) is 0 Å². The van der Waals surface area contributed by atoms with E-state index in [0.29, 0.717) is 20.9 Å². The van der Waals surface area contributed by atoms with Gasteiger partial charge in [0.15, 0.2) is 0 Å². The second-order valence-corrected chi connectivity index (χ2v) is 13.6. The van der Waals surface area contributed by atoms with Crippen molar-refractivity contribution in [3.63, 3.8) is 0 Å². The Labute approximate surface area is 231 Å². The Morgan fingerprint density at radius 3 is 1.26 bits per heavy atom. The number of carbonyl (C=O) groups is 4. The van der Waals surface area contributed by atoms with E-state index < -0.39 is 35.8 Å². The molecular formula is C28H36N2O6S2. The summed E-state index contributed by atoms with van der Waals surface area (Å²) in [6.07, 6.45) is 0.542. The first-order valence-corrected chi connectivity index (χ1v) is 14.3. The molecule has 4 N–H and O–H groups in total. The van der Waals surface area contributed by atoms with E-state index in [0.717, 1.165) is 0 Å². The zero-order valence-electron chi connectivity index (χ0n) is 22.5. The van der Waals surface area contributed by atoms with E-state index in [-0.39, 0.29) is 23.7 Å². The van der Waals surface area contributed by atoms with E-state index in [1.54, 1.807) is 48.5 Å². The topological polar surface area (TPSA) is 133 Å². The van der Waals surface area contributed by atoms with E-state index in [1.807, 2.05) is 41.5 Å². The molecule has 2 rings (SSSR count). The highest BCUT2D eigenvalue weighted by Crippen LogP contribution is 2.40. The predicted molar refractivity (Wildman–Crippen MR) is 151 cm³/mol. The van der Waals surface area contributed by atoms with Gasteiger partial charge < -0.3 is 20.8 Å². The maximum atomic E-state index is 13.0. The van der Waals surface area contributed by atoms with Crippen LogP contribution in [0, 0.1) is 10.8 Å². The number of hydrogen-bond acceptors (Lipinski definition) is 6. The van der Waals surface area contributed by atoms with Gasteiger partial charge in [0.25, 0.3) is 11.8 Å².